The van der Waals surface area contributed by atoms with Crippen molar-refractivity contribution in [3.63, 3.8) is 0 Å². The van der Waals surface area contributed by atoms with Crippen LogP contribution < -0.4 is 15.9 Å². The lowest BCUT2D eigenvalue weighted by atomic mass is 10.1. The number of hydrogen-bond donors (Lipinski definition) is 4. The van der Waals surface area contributed by atoms with Crippen molar-refractivity contribution in [2.24, 2.45) is 5.73 Å². The largest absolute Gasteiger partial charge is 0.328 e. The number of rotatable bonds is 5. The number of fused-ring (bicyclic) bond motifs is 1. The van der Waals surface area contributed by atoms with Crippen LogP contribution in [0, 0.1) is 0 Å². The van der Waals surface area contributed by atoms with E-state index in [2.05, 4.69) is 4.72 Å². The first-order valence-corrected chi connectivity index (χ1v) is 7.61. The zero-order valence-corrected chi connectivity index (χ0v) is 11.8. The molecule has 2 aromatic rings. The quantitative estimate of drug-likeness (QED) is 0.456. The molecular weight excluding hydrogens is 294 g/mol. The van der Waals surface area contributed by atoms with Crippen LogP contribution in [0.25, 0.3) is 10.8 Å². The molecule has 0 spiro atoms. The fourth-order valence-corrected chi connectivity index (χ4v) is 3.12. The van der Waals surface area contributed by atoms with Gasteiger partial charge in [-0.1, -0.05) is 30.3 Å². The molecule has 0 saturated carbocycles. The van der Waals surface area contributed by atoms with Gasteiger partial charge >= 0.3 is 0 Å². The summed E-state index contributed by atoms with van der Waals surface area (Å²) >= 11 is 0. The minimum atomic E-state index is -3.92. The third-order valence-electron chi connectivity index (χ3n) is 2.99. The van der Waals surface area contributed by atoms with Gasteiger partial charge in [-0.3, -0.25) is 10.0 Å². The smallest absolute Gasteiger partial charge is 0.262 e. The Labute approximate surface area is 121 Å². The molecule has 0 aliphatic rings. The van der Waals surface area contributed by atoms with Crippen molar-refractivity contribution in [1.29, 1.82) is 0 Å². The molecule has 5 N–H and O–H groups in total. The lowest BCUT2D eigenvalue weighted by Gasteiger charge is -2.15. The highest BCUT2D eigenvalue weighted by Gasteiger charge is 2.24. The molecule has 112 valence electrons. The number of amides is 1. The van der Waals surface area contributed by atoms with E-state index < -0.39 is 22.0 Å². The molecule has 2 rings (SSSR count). The van der Waals surface area contributed by atoms with Gasteiger partial charge in [0, 0.05) is 6.54 Å². The maximum atomic E-state index is 12.2. The number of nitrogens with two attached hydrogens (primary N) is 1. The van der Waals surface area contributed by atoms with Crippen molar-refractivity contribution in [2.45, 2.75) is 10.9 Å². The topological polar surface area (TPSA) is 122 Å². The normalized spacial score (nSPS) is 13.0. The minimum Gasteiger partial charge on any atom is -0.328 e. The van der Waals surface area contributed by atoms with Gasteiger partial charge in [0.1, 0.15) is 6.04 Å². The lowest BCUT2D eigenvalue weighted by molar-refractivity contribution is -0.130. The Morgan fingerprint density at radius 1 is 1.19 bits per heavy atom. The van der Waals surface area contributed by atoms with Crippen LogP contribution in [0.4, 0.5) is 0 Å². The van der Waals surface area contributed by atoms with Crippen LogP contribution in [0.3, 0.4) is 0 Å². The monoisotopic (exact) mass is 309 g/mol. The van der Waals surface area contributed by atoms with E-state index in [-0.39, 0.29) is 11.4 Å². The number of carbonyl (C=O) groups excluding carboxylic acids is 1. The summed E-state index contributed by atoms with van der Waals surface area (Å²) in [4.78, 5) is 11.3. The van der Waals surface area contributed by atoms with Gasteiger partial charge in [-0.05, 0) is 22.9 Å². The highest BCUT2D eigenvalue weighted by Crippen LogP contribution is 2.18. The molecule has 0 aliphatic carbocycles. The summed E-state index contributed by atoms with van der Waals surface area (Å²) in [6, 6.07) is 10.7. The molecule has 1 amide bonds. The van der Waals surface area contributed by atoms with E-state index in [1.807, 2.05) is 12.1 Å². The Bertz CT molecular complexity index is 761. The summed E-state index contributed by atoms with van der Waals surface area (Å²) < 4.78 is 26.6. The third kappa shape index (κ3) is 3.37. The van der Waals surface area contributed by atoms with Crippen molar-refractivity contribution in [3.8, 4) is 0 Å². The highest BCUT2D eigenvalue weighted by atomic mass is 32.2. The minimum absolute atomic E-state index is 0.0189. The Balaban J connectivity index is 2.35. The standard InChI is InChI=1S/C13H15N3O4S/c14-8-12(13(17)15-18)16-21(19,20)11-6-5-9-3-1-2-4-10(9)7-11/h1-7,12,16,18H,8,14H2,(H,15,17)/t12-/m0/s1. The lowest BCUT2D eigenvalue weighted by Crippen LogP contribution is -2.49. The van der Waals surface area contributed by atoms with E-state index in [0.29, 0.717) is 0 Å². The van der Waals surface area contributed by atoms with Crippen LogP contribution in [0.15, 0.2) is 47.4 Å². The zero-order valence-electron chi connectivity index (χ0n) is 11.0. The zero-order chi connectivity index (χ0) is 15.5. The van der Waals surface area contributed by atoms with E-state index >= 15 is 0 Å². The fourth-order valence-electron chi connectivity index (χ4n) is 1.88. The number of sulfonamides is 1. The predicted molar refractivity (Wildman–Crippen MR) is 77.0 cm³/mol. The maximum absolute atomic E-state index is 12.2. The van der Waals surface area contributed by atoms with Crippen molar-refractivity contribution in [1.82, 2.24) is 10.2 Å². The van der Waals surface area contributed by atoms with Gasteiger partial charge in [0.15, 0.2) is 0 Å². The first kappa shape index (κ1) is 15.4. The van der Waals surface area contributed by atoms with Gasteiger partial charge in [-0.2, -0.15) is 4.72 Å². The van der Waals surface area contributed by atoms with Gasteiger partial charge in [0.25, 0.3) is 5.91 Å². The van der Waals surface area contributed by atoms with Crippen molar-refractivity contribution < 1.29 is 18.4 Å². The van der Waals surface area contributed by atoms with Crippen molar-refractivity contribution in [2.75, 3.05) is 6.54 Å². The number of carbonyl (C=O) groups is 1. The van der Waals surface area contributed by atoms with Gasteiger partial charge in [0.05, 0.1) is 4.90 Å². The molecular formula is C13H15N3O4S. The summed E-state index contributed by atoms with van der Waals surface area (Å²) in [5.74, 6) is -0.915. The van der Waals surface area contributed by atoms with Crippen LogP contribution in [0.5, 0.6) is 0 Å². The van der Waals surface area contributed by atoms with Gasteiger partial charge in [-0.25, -0.2) is 13.9 Å². The Morgan fingerprint density at radius 3 is 2.48 bits per heavy atom. The van der Waals surface area contributed by atoms with E-state index in [4.69, 9.17) is 10.9 Å². The van der Waals surface area contributed by atoms with E-state index in [1.165, 1.54) is 17.6 Å². The first-order chi connectivity index (χ1) is 9.97. The van der Waals surface area contributed by atoms with Crippen LogP contribution in [0.1, 0.15) is 0 Å². The van der Waals surface area contributed by atoms with E-state index in [0.717, 1.165) is 10.8 Å². The van der Waals surface area contributed by atoms with Crippen LogP contribution >= 0.6 is 0 Å². The first-order valence-electron chi connectivity index (χ1n) is 6.13. The number of hydrogen-bond acceptors (Lipinski definition) is 5. The molecule has 8 heteroatoms. The summed E-state index contributed by atoms with van der Waals surface area (Å²) in [7, 11) is -3.92. The predicted octanol–water partition coefficient (Wildman–Crippen LogP) is -0.0492. The summed E-state index contributed by atoms with van der Waals surface area (Å²) in [5.41, 5.74) is 6.70. The summed E-state index contributed by atoms with van der Waals surface area (Å²) in [6.07, 6.45) is 0. The average molecular weight is 309 g/mol. The number of benzene rings is 2. The Kier molecular flexibility index (Phi) is 4.53. The second-order valence-corrected chi connectivity index (χ2v) is 6.11. The van der Waals surface area contributed by atoms with Gasteiger partial charge < -0.3 is 5.73 Å². The second-order valence-electron chi connectivity index (χ2n) is 4.39. The number of nitrogens with one attached hydrogen (secondary N) is 2. The molecule has 1 atom stereocenters. The molecule has 0 unspecified atom stereocenters. The second kappa shape index (κ2) is 6.19. The van der Waals surface area contributed by atoms with E-state index in [9.17, 15) is 13.2 Å². The molecule has 0 fully saturated rings. The summed E-state index contributed by atoms with van der Waals surface area (Å²) in [6.45, 7) is -0.279. The van der Waals surface area contributed by atoms with Crippen molar-refractivity contribution in [3.05, 3.63) is 42.5 Å². The fraction of sp³-hybridized carbons (Fsp3) is 0.154. The molecule has 0 aromatic heterocycles. The molecule has 21 heavy (non-hydrogen) atoms. The Morgan fingerprint density at radius 2 is 1.86 bits per heavy atom. The maximum Gasteiger partial charge on any atom is 0.262 e. The molecule has 7 nitrogen and oxygen atoms in total. The SMILES string of the molecule is NC[C@H](NS(=O)(=O)c1ccc2ccccc2c1)C(=O)NO. The third-order valence-corrected chi connectivity index (χ3v) is 4.46. The Hall–Kier alpha value is -2.00. The molecule has 0 heterocycles. The van der Waals surface area contributed by atoms with Crippen LogP contribution in [-0.2, 0) is 14.8 Å². The van der Waals surface area contributed by atoms with Crippen LogP contribution in [-0.4, -0.2) is 32.1 Å². The molecule has 0 bridgehead atoms. The van der Waals surface area contributed by atoms with Gasteiger partial charge in [0.2, 0.25) is 10.0 Å². The summed E-state index contributed by atoms with van der Waals surface area (Å²) in [5, 5.41) is 10.2. The number of hydroxylamine groups is 1. The highest BCUT2D eigenvalue weighted by molar-refractivity contribution is 7.89. The molecule has 0 radical (unpaired) electrons. The average Bonchev–Trinajstić information content (AvgIpc) is 2.51. The molecule has 2 aromatic carbocycles. The molecule has 0 aliphatic heterocycles. The van der Waals surface area contributed by atoms with Crippen molar-refractivity contribution >= 4 is 26.7 Å². The van der Waals surface area contributed by atoms with Gasteiger partial charge in [-0.15, -0.1) is 0 Å². The van der Waals surface area contributed by atoms with E-state index in [1.54, 1.807) is 18.2 Å². The molecule has 0 saturated heterocycles. The van der Waals surface area contributed by atoms with Crippen LogP contribution in [0.2, 0.25) is 0 Å².